The molecule has 0 amide bonds. The molecule has 11 heavy (non-hydrogen) atoms. The molecular weight excluding hydrogens is 142 g/mol. The first kappa shape index (κ1) is 7.85. The Morgan fingerprint density at radius 2 is 2.45 bits per heavy atom. The van der Waals surface area contributed by atoms with E-state index in [1.807, 2.05) is 0 Å². The zero-order chi connectivity index (χ0) is 8.43. The molecule has 3 heteroatoms. The molecule has 3 nitrogen and oxygen atoms in total. The van der Waals surface area contributed by atoms with E-state index < -0.39 is 0 Å². The average molecular weight is 153 g/mol. The Morgan fingerprint density at radius 3 is 2.82 bits per heavy atom. The summed E-state index contributed by atoms with van der Waals surface area (Å²) in [6.07, 6.45) is 2.68. The van der Waals surface area contributed by atoms with Crippen molar-refractivity contribution in [2.45, 2.75) is 12.8 Å². The van der Waals surface area contributed by atoms with Gasteiger partial charge in [0.25, 0.3) is 0 Å². The second-order valence-corrected chi connectivity index (χ2v) is 2.65. The lowest BCUT2D eigenvalue weighted by Gasteiger charge is -2.04. The molecule has 1 aliphatic carbocycles. The summed E-state index contributed by atoms with van der Waals surface area (Å²) >= 11 is 0. The quantitative estimate of drug-likeness (QED) is 0.579. The SMILES string of the molecule is C=CCC1CC(=O)C(O)=C1N. The van der Waals surface area contributed by atoms with E-state index >= 15 is 0 Å². The molecule has 1 atom stereocenters. The van der Waals surface area contributed by atoms with Crippen LogP contribution in [-0.4, -0.2) is 10.9 Å². The maximum absolute atomic E-state index is 10.8. The fourth-order valence-corrected chi connectivity index (χ4v) is 1.20. The van der Waals surface area contributed by atoms with Gasteiger partial charge in [0.1, 0.15) is 0 Å². The van der Waals surface area contributed by atoms with Gasteiger partial charge in [-0.3, -0.25) is 4.79 Å². The van der Waals surface area contributed by atoms with E-state index in [2.05, 4.69) is 6.58 Å². The molecular formula is C8H11NO2. The highest BCUT2D eigenvalue weighted by atomic mass is 16.3. The van der Waals surface area contributed by atoms with Crippen molar-refractivity contribution in [1.29, 1.82) is 0 Å². The van der Waals surface area contributed by atoms with Crippen LogP contribution in [0.1, 0.15) is 12.8 Å². The number of carbonyl (C=O) groups excluding carboxylic acids is 1. The first-order valence-corrected chi connectivity index (χ1v) is 3.49. The Morgan fingerprint density at radius 1 is 1.82 bits per heavy atom. The molecule has 0 spiro atoms. The first-order valence-electron chi connectivity index (χ1n) is 3.49. The molecule has 0 radical (unpaired) electrons. The minimum atomic E-state index is -0.255. The second kappa shape index (κ2) is 2.78. The molecule has 60 valence electrons. The van der Waals surface area contributed by atoms with E-state index in [0.29, 0.717) is 18.5 Å². The van der Waals surface area contributed by atoms with Crippen LogP contribution in [0.25, 0.3) is 0 Å². The maximum Gasteiger partial charge on any atom is 0.199 e. The van der Waals surface area contributed by atoms with E-state index in [0.717, 1.165) is 0 Å². The van der Waals surface area contributed by atoms with Gasteiger partial charge in [-0.15, -0.1) is 6.58 Å². The largest absolute Gasteiger partial charge is 0.503 e. The van der Waals surface area contributed by atoms with Crippen molar-refractivity contribution in [3.63, 3.8) is 0 Å². The number of Topliss-reactive ketones (excluding diaryl/α,β-unsaturated/α-hetero) is 1. The zero-order valence-electron chi connectivity index (χ0n) is 6.21. The van der Waals surface area contributed by atoms with E-state index in [4.69, 9.17) is 10.8 Å². The van der Waals surface area contributed by atoms with Crippen LogP contribution in [0.15, 0.2) is 24.1 Å². The third kappa shape index (κ3) is 1.27. The van der Waals surface area contributed by atoms with Crippen molar-refractivity contribution >= 4 is 5.78 Å². The van der Waals surface area contributed by atoms with Crippen LogP contribution < -0.4 is 5.73 Å². The highest BCUT2D eigenvalue weighted by molar-refractivity contribution is 5.96. The van der Waals surface area contributed by atoms with Gasteiger partial charge in [0, 0.05) is 12.3 Å². The van der Waals surface area contributed by atoms with E-state index in [9.17, 15) is 4.79 Å². The van der Waals surface area contributed by atoms with Crippen molar-refractivity contribution in [2.24, 2.45) is 11.7 Å². The van der Waals surface area contributed by atoms with Crippen LogP contribution in [0.5, 0.6) is 0 Å². The number of hydrogen-bond donors (Lipinski definition) is 2. The predicted molar refractivity (Wildman–Crippen MR) is 41.8 cm³/mol. The lowest BCUT2D eigenvalue weighted by Crippen LogP contribution is -2.07. The smallest absolute Gasteiger partial charge is 0.199 e. The van der Waals surface area contributed by atoms with E-state index in [1.54, 1.807) is 6.08 Å². The second-order valence-electron chi connectivity index (χ2n) is 2.65. The molecule has 0 heterocycles. The summed E-state index contributed by atoms with van der Waals surface area (Å²) in [5.41, 5.74) is 5.77. The van der Waals surface area contributed by atoms with Crippen molar-refractivity contribution < 1.29 is 9.90 Å². The van der Waals surface area contributed by atoms with E-state index in [-0.39, 0.29) is 17.5 Å². The van der Waals surface area contributed by atoms with Gasteiger partial charge in [0.05, 0.1) is 5.70 Å². The lowest BCUT2D eigenvalue weighted by molar-refractivity contribution is -0.117. The Labute approximate surface area is 65.2 Å². The van der Waals surface area contributed by atoms with Gasteiger partial charge in [-0.1, -0.05) is 6.08 Å². The summed E-state index contributed by atoms with van der Waals surface area (Å²) in [4.78, 5) is 10.8. The summed E-state index contributed by atoms with van der Waals surface area (Å²) in [5.74, 6) is -0.536. The van der Waals surface area contributed by atoms with Crippen molar-refractivity contribution in [3.05, 3.63) is 24.1 Å². The number of ketones is 1. The van der Waals surface area contributed by atoms with Crippen molar-refractivity contribution in [3.8, 4) is 0 Å². The van der Waals surface area contributed by atoms with Crippen LogP contribution in [0, 0.1) is 5.92 Å². The summed E-state index contributed by atoms with van der Waals surface area (Å²) in [7, 11) is 0. The molecule has 0 aromatic heterocycles. The number of rotatable bonds is 2. The van der Waals surface area contributed by atoms with Gasteiger partial charge in [-0.25, -0.2) is 0 Å². The number of nitrogens with two attached hydrogens (primary N) is 1. The van der Waals surface area contributed by atoms with Crippen LogP contribution in [-0.2, 0) is 4.79 Å². The summed E-state index contributed by atoms with van der Waals surface area (Å²) in [6, 6.07) is 0. The topological polar surface area (TPSA) is 63.3 Å². The summed E-state index contributed by atoms with van der Waals surface area (Å²) in [5, 5.41) is 9.03. The number of carbonyl (C=O) groups is 1. The normalized spacial score (nSPS) is 24.4. The van der Waals surface area contributed by atoms with Gasteiger partial charge in [0.2, 0.25) is 0 Å². The van der Waals surface area contributed by atoms with Crippen molar-refractivity contribution in [1.82, 2.24) is 0 Å². The Bertz CT molecular complexity index is 230. The fraction of sp³-hybridized carbons (Fsp3) is 0.375. The van der Waals surface area contributed by atoms with E-state index in [1.165, 1.54) is 0 Å². The number of aliphatic hydroxyl groups excluding tert-OH is 1. The molecule has 0 saturated carbocycles. The molecule has 1 rings (SSSR count). The predicted octanol–water partition coefficient (Wildman–Crippen LogP) is 0.880. The van der Waals surface area contributed by atoms with Gasteiger partial charge in [-0.05, 0) is 6.42 Å². The Hall–Kier alpha value is -1.25. The molecule has 0 saturated heterocycles. The number of aliphatic hydroxyl groups is 1. The molecule has 0 aromatic carbocycles. The average Bonchev–Trinajstić information content (AvgIpc) is 2.19. The summed E-state index contributed by atoms with van der Waals surface area (Å²) in [6.45, 7) is 3.54. The molecule has 0 aromatic rings. The standard InChI is InChI=1S/C8H11NO2/c1-2-3-5-4-6(10)8(11)7(5)9/h2,5,11H,1,3-4,9H2. The van der Waals surface area contributed by atoms with Crippen LogP contribution in [0.4, 0.5) is 0 Å². The van der Waals surface area contributed by atoms with Crippen LogP contribution in [0.2, 0.25) is 0 Å². The van der Waals surface area contributed by atoms with Gasteiger partial charge in [-0.2, -0.15) is 0 Å². The molecule has 1 unspecified atom stereocenters. The minimum absolute atomic E-state index is 0.0278. The summed E-state index contributed by atoms with van der Waals surface area (Å²) < 4.78 is 0. The van der Waals surface area contributed by atoms with Gasteiger partial charge < -0.3 is 10.8 Å². The van der Waals surface area contributed by atoms with Crippen molar-refractivity contribution in [2.75, 3.05) is 0 Å². The Balaban J connectivity index is 2.76. The monoisotopic (exact) mass is 153 g/mol. The third-order valence-electron chi connectivity index (χ3n) is 1.86. The first-order chi connectivity index (χ1) is 5.16. The molecule has 1 aliphatic rings. The highest BCUT2D eigenvalue weighted by Gasteiger charge is 2.29. The highest BCUT2D eigenvalue weighted by Crippen LogP contribution is 2.26. The number of allylic oxidation sites excluding steroid dienone is 3. The van der Waals surface area contributed by atoms with Crippen LogP contribution >= 0.6 is 0 Å². The van der Waals surface area contributed by atoms with Gasteiger partial charge >= 0.3 is 0 Å². The van der Waals surface area contributed by atoms with Crippen LogP contribution in [0.3, 0.4) is 0 Å². The maximum atomic E-state index is 10.8. The minimum Gasteiger partial charge on any atom is -0.503 e. The molecule has 0 fully saturated rings. The molecule has 0 aliphatic heterocycles. The Kier molecular flexibility index (Phi) is 1.98. The third-order valence-corrected chi connectivity index (χ3v) is 1.86. The van der Waals surface area contributed by atoms with Gasteiger partial charge in [0.15, 0.2) is 11.5 Å². The zero-order valence-corrected chi connectivity index (χ0v) is 6.21. The lowest BCUT2D eigenvalue weighted by atomic mass is 10.0. The fourth-order valence-electron chi connectivity index (χ4n) is 1.20. The molecule has 3 N–H and O–H groups in total. The number of hydrogen-bond acceptors (Lipinski definition) is 3. The molecule has 0 bridgehead atoms.